The first-order valence-electron chi connectivity index (χ1n) is 6.15. The van der Waals surface area contributed by atoms with Crippen molar-refractivity contribution in [1.82, 2.24) is 5.32 Å². The second-order valence-corrected chi connectivity index (χ2v) is 4.25. The normalized spacial score (nSPS) is 12.6. The third kappa shape index (κ3) is 6.29. The molecule has 0 radical (unpaired) electrons. The van der Waals surface area contributed by atoms with E-state index < -0.39 is 6.36 Å². The molecule has 0 saturated heterocycles. The average Bonchev–Trinajstić information content (AvgIpc) is 2.30. The quantitative estimate of drug-likeness (QED) is 0.791. The molecular weight excluding hydrogens is 255 g/mol. The summed E-state index contributed by atoms with van der Waals surface area (Å²) in [5.74, 6) is -0.176. The lowest BCUT2D eigenvalue weighted by Gasteiger charge is -2.12. The molecule has 0 atom stereocenters. The van der Waals surface area contributed by atoms with Crippen LogP contribution in [0.3, 0.4) is 0 Å². The van der Waals surface area contributed by atoms with E-state index in [9.17, 15) is 13.2 Å². The molecule has 0 fully saturated rings. The third-order valence-electron chi connectivity index (χ3n) is 2.38. The van der Waals surface area contributed by atoms with Crippen molar-refractivity contribution in [3.63, 3.8) is 0 Å². The van der Waals surface area contributed by atoms with Crippen LogP contribution in [0.1, 0.15) is 25.8 Å². The van der Waals surface area contributed by atoms with Gasteiger partial charge in [-0.1, -0.05) is 36.8 Å². The van der Waals surface area contributed by atoms with Gasteiger partial charge in [-0.3, -0.25) is 0 Å². The lowest BCUT2D eigenvalue weighted by molar-refractivity contribution is -0.274. The number of ether oxygens (including phenoxy) is 1. The van der Waals surface area contributed by atoms with Crippen molar-refractivity contribution >= 4 is 6.08 Å². The zero-order valence-corrected chi connectivity index (χ0v) is 11.1. The SMILES string of the molecule is CCCNCC(C)=Cc1ccccc1OC(F)(F)F. The maximum absolute atomic E-state index is 12.3. The summed E-state index contributed by atoms with van der Waals surface area (Å²) in [6.45, 7) is 5.45. The van der Waals surface area contributed by atoms with Gasteiger partial charge in [0.2, 0.25) is 0 Å². The van der Waals surface area contributed by atoms with Gasteiger partial charge in [0.1, 0.15) is 5.75 Å². The summed E-state index contributed by atoms with van der Waals surface area (Å²) in [5, 5.41) is 3.19. The van der Waals surface area contributed by atoms with Crippen molar-refractivity contribution < 1.29 is 17.9 Å². The lowest BCUT2D eigenvalue weighted by atomic mass is 10.1. The fraction of sp³-hybridized carbons (Fsp3) is 0.429. The van der Waals surface area contributed by atoms with Crippen molar-refractivity contribution in [2.75, 3.05) is 13.1 Å². The highest BCUT2D eigenvalue weighted by atomic mass is 19.4. The van der Waals surface area contributed by atoms with Gasteiger partial charge in [-0.2, -0.15) is 0 Å². The maximum atomic E-state index is 12.3. The molecule has 0 heterocycles. The third-order valence-corrected chi connectivity index (χ3v) is 2.38. The molecule has 0 saturated carbocycles. The predicted octanol–water partition coefficient (Wildman–Crippen LogP) is 3.99. The van der Waals surface area contributed by atoms with Crippen LogP contribution < -0.4 is 10.1 Å². The summed E-state index contributed by atoms with van der Waals surface area (Å²) < 4.78 is 40.8. The Labute approximate surface area is 111 Å². The molecule has 0 unspecified atom stereocenters. The van der Waals surface area contributed by atoms with E-state index in [0.29, 0.717) is 12.1 Å². The van der Waals surface area contributed by atoms with Crippen molar-refractivity contribution in [2.24, 2.45) is 0 Å². The second kappa shape index (κ2) is 7.19. The Hall–Kier alpha value is -1.49. The van der Waals surface area contributed by atoms with Crippen LogP contribution in [0.15, 0.2) is 29.8 Å². The van der Waals surface area contributed by atoms with Crippen LogP contribution >= 0.6 is 0 Å². The van der Waals surface area contributed by atoms with Gasteiger partial charge in [0.25, 0.3) is 0 Å². The molecule has 0 spiro atoms. The Morgan fingerprint density at radius 1 is 1.32 bits per heavy atom. The minimum atomic E-state index is -4.67. The van der Waals surface area contributed by atoms with Gasteiger partial charge in [-0.15, -0.1) is 13.2 Å². The Morgan fingerprint density at radius 3 is 2.63 bits per heavy atom. The van der Waals surface area contributed by atoms with Crippen molar-refractivity contribution in [3.05, 3.63) is 35.4 Å². The molecule has 1 aromatic rings. The monoisotopic (exact) mass is 273 g/mol. The van der Waals surface area contributed by atoms with Crippen LogP contribution in [0.4, 0.5) is 13.2 Å². The molecule has 5 heteroatoms. The average molecular weight is 273 g/mol. The molecule has 19 heavy (non-hydrogen) atoms. The summed E-state index contributed by atoms with van der Waals surface area (Å²) >= 11 is 0. The first kappa shape index (κ1) is 15.6. The zero-order valence-electron chi connectivity index (χ0n) is 11.1. The highest BCUT2D eigenvalue weighted by Crippen LogP contribution is 2.27. The summed E-state index contributed by atoms with van der Waals surface area (Å²) in [7, 11) is 0. The number of hydrogen-bond donors (Lipinski definition) is 1. The van der Waals surface area contributed by atoms with Gasteiger partial charge in [0.05, 0.1) is 0 Å². The van der Waals surface area contributed by atoms with Crippen LogP contribution in [0.2, 0.25) is 0 Å². The minimum Gasteiger partial charge on any atom is -0.405 e. The van der Waals surface area contributed by atoms with Gasteiger partial charge in [-0.25, -0.2) is 0 Å². The van der Waals surface area contributed by atoms with Gasteiger partial charge in [0, 0.05) is 12.1 Å². The van der Waals surface area contributed by atoms with E-state index in [-0.39, 0.29) is 5.75 Å². The van der Waals surface area contributed by atoms with Gasteiger partial charge < -0.3 is 10.1 Å². The fourth-order valence-corrected chi connectivity index (χ4v) is 1.60. The molecule has 1 aromatic carbocycles. The number of alkyl halides is 3. The molecule has 0 aliphatic rings. The van der Waals surface area contributed by atoms with E-state index >= 15 is 0 Å². The van der Waals surface area contributed by atoms with Crippen LogP contribution in [0.25, 0.3) is 6.08 Å². The Balaban J connectivity index is 2.79. The molecule has 0 bridgehead atoms. The van der Waals surface area contributed by atoms with E-state index in [4.69, 9.17) is 0 Å². The van der Waals surface area contributed by atoms with Gasteiger partial charge >= 0.3 is 6.36 Å². The first-order valence-corrected chi connectivity index (χ1v) is 6.15. The smallest absolute Gasteiger partial charge is 0.405 e. The summed E-state index contributed by atoms with van der Waals surface area (Å²) in [5.41, 5.74) is 1.38. The minimum absolute atomic E-state index is 0.176. The largest absolute Gasteiger partial charge is 0.573 e. The van der Waals surface area contributed by atoms with E-state index in [0.717, 1.165) is 18.5 Å². The topological polar surface area (TPSA) is 21.3 Å². The number of nitrogens with one attached hydrogen (secondary N) is 1. The van der Waals surface area contributed by atoms with E-state index in [1.165, 1.54) is 12.1 Å². The summed E-state index contributed by atoms with van der Waals surface area (Å²) in [6, 6.07) is 6.11. The number of halogens is 3. The van der Waals surface area contributed by atoms with Crippen molar-refractivity contribution in [3.8, 4) is 5.75 Å². The molecule has 0 aliphatic carbocycles. The molecule has 0 aliphatic heterocycles. The number of benzene rings is 1. The summed E-state index contributed by atoms with van der Waals surface area (Å²) in [6.07, 6.45) is -1.96. The van der Waals surface area contributed by atoms with E-state index in [1.807, 2.05) is 6.92 Å². The molecular formula is C14H18F3NO. The van der Waals surface area contributed by atoms with Crippen LogP contribution in [0.5, 0.6) is 5.75 Å². The number of rotatable bonds is 6. The number of hydrogen-bond acceptors (Lipinski definition) is 2. The molecule has 2 nitrogen and oxygen atoms in total. The van der Waals surface area contributed by atoms with Crippen molar-refractivity contribution in [2.45, 2.75) is 26.6 Å². The van der Waals surface area contributed by atoms with Crippen LogP contribution in [-0.4, -0.2) is 19.5 Å². The zero-order chi connectivity index (χ0) is 14.3. The fourth-order valence-electron chi connectivity index (χ4n) is 1.60. The molecule has 0 aromatic heterocycles. The molecule has 106 valence electrons. The highest BCUT2D eigenvalue weighted by molar-refractivity contribution is 5.59. The first-order chi connectivity index (χ1) is 8.92. The van der Waals surface area contributed by atoms with Crippen molar-refractivity contribution in [1.29, 1.82) is 0 Å². The van der Waals surface area contributed by atoms with Gasteiger partial charge in [-0.05, 0) is 26.0 Å². The number of para-hydroxylation sites is 1. The second-order valence-electron chi connectivity index (χ2n) is 4.25. The standard InChI is InChI=1S/C14H18F3NO/c1-3-8-18-10-11(2)9-12-6-4-5-7-13(12)19-14(15,16)17/h4-7,9,18H,3,8,10H2,1-2H3. The molecule has 1 N–H and O–H groups in total. The lowest BCUT2D eigenvalue weighted by Crippen LogP contribution is -2.18. The highest BCUT2D eigenvalue weighted by Gasteiger charge is 2.31. The van der Waals surface area contributed by atoms with E-state index in [2.05, 4.69) is 17.0 Å². The van der Waals surface area contributed by atoms with E-state index in [1.54, 1.807) is 18.2 Å². The van der Waals surface area contributed by atoms with Crippen LogP contribution in [0, 0.1) is 0 Å². The van der Waals surface area contributed by atoms with Gasteiger partial charge in [0.15, 0.2) is 0 Å². The predicted molar refractivity (Wildman–Crippen MR) is 69.9 cm³/mol. The molecule has 1 rings (SSSR count). The Bertz CT molecular complexity index is 427. The Kier molecular flexibility index (Phi) is 5.89. The summed E-state index contributed by atoms with van der Waals surface area (Å²) in [4.78, 5) is 0. The van der Waals surface area contributed by atoms with Crippen LogP contribution in [-0.2, 0) is 0 Å². The maximum Gasteiger partial charge on any atom is 0.573 e. The molecule has 0 amide bonds. The Morgan fingerprint density at radius 2 is 2.00 bits per heavy atom.